The molecule has 0 saturated carbocycles. The highest BCUT2D eigenvalue weighted by Crippen LogP contribution is 2.33. The Morgan fingerprint density at radius 2 is 1.47 bits per heavy atom. The molecule has 2 aromatic carbocycles. The molecule has 2 rings (SSSR count). The fourth-order valence-corrected chi connectivity index (χ4v) is 1.99. The third-order valence-electron chi connectivity index (χ3n) is 2.86. The van der Waals surface area contributed by atoms with Gasteiger partial charge in [-0.25, -0.2) is 0 Å². The van der Waals surface area contributed by atoms with Gasteiger partial charge in [-0.15, -0.1) is 0 Å². The molecule has 0 aromatic heterocycles. The zero-order valence-electron chi connectivity index (χ0n) is 9.81. The van der Waals surface area contributed by atoms with Gasteiger partial charge < -0.3 is 0 Å². The van der Waals surface area contributed by atoms with E-state index < -0.39 is 0 Å². The van der Waals surface area contributed by atoms with Crippen LogP contribution in [-0.4, -0.2) is 4.92 Å². The molecular formula is C14H13NO2. The number of benzene rings is 2. The van der Waals surface area contributed by atoms with Gasteiger partial charge >= 0.3 is 0 Å². The van der Waals surface area contributed by atoms with Gasteiger partial charge in [0.1, 0.15) is 0 Å². The zero-order valence-corrected chi connectivity index (χ0v) is 9.81. The van der Waals surface area contributed by atoms with Gasteiger partial charge in [-0.2, -0.15) is 0 Å². The maximum atomic E-state index is 11.1. The average Bonchev–Trinajstić information content (AvgIpc) is 2.28. The van der Waals surface area contributed by atoms with Crippen molar-refractivity contribution in [2.45, 2.75) is 13.8 Å². The van der Waals surface area contributed by atoms with E-state index in [-0.39, 0.29) is 10.6 Å². The van der Waals surface area contributed by atoms with Gasteiger partial charge in [0, 0.05) is 5.56 Å². The van der Waals surface area contributed by atoms with E-state index in [0.717, 1.165) is 11.1 Å². The van der Waals surface area contributed by atoms with Crippen LogP contribution in [0.25, 0.3) is 11.1 Å². The predicted octanol–water partition coefficient (Wildman–Crippen LogP) is 3.88. The molecule has 0 radical (unpaired) electrons. The Bertz CT molecular complexity index is 576. The van der Waals surface area contributed by atoms with E-state index in [0.29, 0.717) is 11.1 Å². The Morgan fingerprint density at radius 3 is 2.12 bits per heavy atom. The van der Waals surface area contributed by atoms with Crippen molar-refractivity contribution in [3.8, 4) is 11.1 Å². The minimum Gasteiger partial charge on any atom is -0.258 e. The first-order valence-corrected chi connectivity index (χ1v) is 5.41. The molecule has 0 atom stereocenters. The number of rotatable bonds is 2. The second-order valence-corrected chi connectivity index (χ2v) is 4.04. The van der Waals surface area contributed by atoms with Crippen molar-refractivity contribution in [2.24, 2.45) is 0 Å². The lowest BCUT2D eigenvalue weighted by molar-refractivity contribution is -0.384. The summed E-state index contributed by atoms with van der Waals surface area (Å²) in [6.07, 6.45) is 0. The first-order valence-electron chi connectivity index (χ1n) is 5.41. The van der Waals surface area contributed by atoms with E-state index in [2.05, 4.69) is 0 Å². The Hall–Kier alpha value is -2.16. The SMILES string of the molecule is Cc1ccccc1-c1cccc(C)c1[N+](=O)[O-]. The number of nitro benzene ring substituents is 1. The van der Waals surface area contributed by atoms with Crippen LogP contribution in [0.3, 0.4) is 0 Å². The molecule has 0 heterocycles. The zero-order chi connectivity index (χ0) is 12.4. The van der Waals surface area contributed by atoms with E-state index in [1.165, 1.54) is 0 Å². The molecule has 0 bridgehead atoms. The van der Waals surface area contributed by atoms with E-state index in [9.17, 15) is 10.1 Å². The molecule has 86 valence electrons. The quantitative estimate of drug-likeness (QED) is 0.577. The Labute approximate surface area is 99.9 Å². The molecule has 0 N–H and O–H groups in total. The molecule has 17 heavy (non-hydrogen) atoms. The van der Waals surface area contributed by atoms with Crippen molar-refractivity contribution in [1.82, 2.24) is 0 Å². The van der Waals surface area contributed by atoms with Crippen LogP contribution in [0.15, 0.2) is 42.5 Å². The second-order valence-electron chi connectivity index (χ2n) is 4.04. The maximum absolute atomic E-state index is 11.1. The van der Waals surface area contributed by atoms with Crippen LogP contribution in [0.1, 0.15) is 11.1 Å². The van der Waals surface area contributed by atoms with Crippen LogP contribution in [0.4, 0.5) is 5.69 Å². The molecule has 0 spiro atoms. The second kappa shape index (κ2) is 4.37. The average molecular weight is 227 g/mol. The summed E-state index contributed by atoms with van der Waals surface area (Å²) in [4.78, 5) is 10.8. The number of nitro groups is 1. The summed E-state index contributed by atoms with van der Waals surface area (Å²) in [7, 11) is 0. The number of aryl methyl sites for hydroxylation is 2. The Kier molecular flexibility index (Phi) is 2.91. The standard InChI is InChI=1S/C14H13NO2/c1-10-6-3-4-8-12(10)13-9-5-7-11(2)14(13)15(16)17/h3-9H,1-2H3. The van der Waals surface area contributed by atoms with Gasteiger partial charge in [0.15, 0.2) is 0 Å². The predicted molar refractivity (Wildman–Crippen MR) is 68.0 cm³/mol. The van der Waals surface area contributed by atoms with Crippen LogP contribution < -0.4 is 0 Å². The van der Waals surface area contributed by atoms with Crippen LogP contribution >= 0.6 is 0 Å². The lowest BCUT2D eigenvalue weighted by Crippen LogP contribution is -1.95. The van der Waals surface area contributed by atoms with Gasteiger partial charge in [0.2, 0.25) is 0 Å². The van der Waals surface area contributed by atoms with Gasteiger partial charge in [0.05, 0.1) is 10.5 Å². The van der Waals surface area contributed by atoms with Crippen LogP contribution in [0, 0.1) is 24.0 Å². The molecule has 2 aromatic rings. The summed E-state index contributed by atoms with van der Waals surface area (Å²) in [5.74, 6) is 0. The molecule has 0 amide bonds. The van der Waals surface area contributed by atoms with Crippen molar-refractivity contribution in [3.63, 3.8) is 0 Å². The van der Waals surface area contributed by atoms with E-state index in [4.69, 9.17) is 0 Å². The highest BCUT2D eigenvalue weighted by molar-refractivity contribution is 5.77. The number of hydrogen-bond donors (Lipinski definition) is 0. The molecule has 0 fully saturated rings. The molecule has 0 aliphatic rings. The van der Waals surface area contributed by atoms with Crippen molar-refractivity contribution >= 4 is 5.69 Å². The number of nitrogens with zero attached hydrogens (tertiary/aromatic N) is 1. The van der Waals surface area contributed by atoms with Crippen molar-refractivity contribution in [1.29, 1.82) is 0 Å². The monoisotopic (exact) mass is 227 g/mol. The van der Waals surface area contributed by atoms with E-state index in [1.807, 2.05) is 37.3 Å². The third-order valence-corrected chi connectivity index (χ3v) is 2.86. The molecule has 0 unspecified atom stereocenters. The summed E-state index contributed by atoms with van der Waals surface area (Å²) in [6.45, 7) is 3.72. The smallest absolute Gasteiger partial charge is 0.258 e. The van der Waals surface area contributed by atoms with Crippen molar-refractivity contribution in [2.75, 3.05) is 0 Å². The molecule has 0 aliphatic heterocycles. The third kappa shape index (κ3) is 2.04. The van der Waals surface area contributed by atoms with E-state index >= 15 is 0 Å². The fourth-order valence-electron chi connectivity index (χ4n) is 1.99. The van der Waals surface area contributed by atoms with Crippen LogP contribution in [0.5, 0.6) is 0 Å². The summed E-state index contributed by atoms with van der Waals surface area (Å²) >= 11 is 0. The summed E-state index contributed by atoms with van der Waals surface area (Å²) in [6, 6.07) is 13.1. The number of hydrogen-bond acceptors (Lipinski definition) is 2. The van der Waals surface area contributed by atoms with Gasteiger partial charge in [-0.05, 0) is 31.0 Å². The highest BCUT2D eigenvalue weighted by Gasteiger charge is 2.18. The fraction of sp³-hybridized carbons (Fsp3) is 0.143. The summed E-state index contributed by atoms with van der Waals surface area (Å²) in [5.41, 5.74) is 3.54. The Balaban J connectivity index is 2.72. The van der Waals surface area contributed by atoms with Gasteiger partial charge in [-0.1, -0.05) is 36.4 Å². The molecule has 0 aliphatic carbocycles. The highest BCUT2D eigenvalue weighted by atomic mass is 16.6. The Morgan fingerprint density at radius 1 is 0.882 bits per heavy atom. The van der Waals surface area contributed by atoms with Crippen molar-refractivity contribution < 1.29 is 4.92 Å². The van der Waals surface area contributed by atoms with Crippen LogP contribution in [-0.2, 0) is 0 Å². The van der Waals surface area contributed by atoms with Gasteiger partial charge in [0.25, 0.3) is 5.69 Å². The minimum atomic E-state index is -0.308. The largest absolute Gasteiger partial charge is 0.280 e. The van der Waals surface area contributed by atoms with Crippen molar-refractivity contribution in [3.05, 3.63) is 63.7 Å². The number of para-hydroxylation sites is 1. The molecule has 3 nitrogen and oxygen atoms in total. The maximum Gasteiger partial charge on any atom is 0.280 e. The van der Waals surface area contributed by atoms with Crippen LogP contribution in [0.2, 0.25) is 0 Å². The van der Waals surface area contributed by atoms with Gasteiger partial charge in [-0.3, -0.25) is 10.1 Å². The lowest BCUT2D eigenvalue weighted by Gasteiger charge is -2.08. The normalized spacial score (nSPS) is 10.2. The van der Waals surface area contributed by atoms with E-state index in [1.54, 1.807) is 19.1 Å². The first kappa shape index (κ1) is 11.3. The summed E-state index contributed by atoms with van der Waals surface area (Å²) in [5, 5.41) is 11.1. The molecule has 3 heteroatoms. The minimum absolute atomic E-state index is 0.196. The molecule has 0 saturated heterocycles. The molecular weight excluding hydrogens is 214 g/mol. The lowest BCUT2D eigenvalue weighted by atomic mass is 9.97. The topological polar surface area (TPSA) is 43.1 Å². The first-order chi connectivity index (χ1) is 8.11. The summed E-state index contributed by atoms with van der Waals surface area (Å²) < 4.78 is 0.